The largest absolute Gasteiger partial charge is 0.356 e. The van der Waals surface area contributed by atoms with Gasteiger partial charge in [-0.05, 0) is 25.0 Å². The highest BCUT2D eigenvalue weighted by Gasteiger charge is 2.19. The van der Waals surface area contributed by atoms with Crippen LogP contribution >= 0.6 is 11.9 Å². The van der Waals surface area contributed by atoms with Crippen LogP contribution < -0.4 is 4.90 Å². The van der Waals surface area contributed by atoms with Gasteiger partial charge in [0.05, 0.1) is 18.0 Å². The van der Waals surface area contributed by atoms with E-state index in [2.05, 4.69) is 9.88 Å². The first kappa shape index (κ1) is 9.74. The summed E-state index contributed by atoms with van der Waals surface area (Å²) in [7, 11) is 0. The van der Waals surface area contributed by atoms with Gasteiger partial charge in [0.25, 0.3) is 0 Å². The van der Waals surface area contributed by atoms with Crippen molar-refractivity contribution in [2.75, 3.05) is 18.0 Å². The van der Waals surface area contributed by atoms with E-state index < -0.39 is 0 Å². The molecule has 2 rings (SSSR count). The summed E-state index contributed by atoms with van der Waals surface area (Å²) in [6.45, 7) is 1.93. The third-order valence-corrected chi connectivity index (χ3v) is 2.79. The third-order valence-electron chi connectivity index (χ3n) is 2.54. The van der Waals surface area contributed by atoms with Crippen LogP contribution in [0.2, 0.25) is 0 Å². The maximum atomic E-state index is 5.34. The number of rotatable bonds is 2. The van der Waals surface area contributed by atoms with E-state index in [1.165, 1.54) is 0 Å². The van der Waals surface area contributed by atoms with Crippen LogP contribution in [0.4, 0.5) is 5.82 Å². The molecule has 3 nitrogen and oxygen atoms in total. The molecule has 0 amide bonds. The zero-order chi connectivity index (χ0) is 9.80. The van der Waals surface area contributed by atoms with Gasteiger partial charge in [-0.25, -0.2) is 4.98 Å². The number of piperidine rings is 1. The molecule has 0 aromatic carbocycles. The van der Waals surface area contributed by atoms with Gasteiger partial charge in [-0.2, -0.15) is 0 Å². The summed E-state index contributed by atoms with van der Waals surface area (Å²) < 4.78 is 4.80. The fourth-order valence-corrected chi connectivity index (χ4v) is 1.89. The summed E-state index contributed by atoms with van der Waals surface area (Å²) in [4.78, 5) is 6.56. The van der Waals surface area contributed by atoms with Crippen LogP contribution in [0.25, 0.3) is 0 Å². The van der Waals surface area contributed by atoms with Crippen LogP contribution in [-0.4, -0.2) is 24.2 Å². The molecule has 1 aliphatic heterocycles. The lowest BCUT2D eigenvalue weighted by Crippen LogP contribution is -2.36. The second-order valence-electron chi connectivity index (χ2n) is 3.46. The van der Waals surface area contributed by atoms with Crippen LogP contribution in [0.3, 0.4) is 0 Å². The zero-order valence-electron chi connectivity index (χ0n) is 7.90. The van der Waals surface area contributed by atoms with Crippen molar-refractivity contribution in [1.82, 2.24) is 4.98 Å². The average Bonchev–Trinajstić information content (AvgIpc) is 2.30. The van der Waals surface area contributed by atoms with E-state index in [4.69, 9.17) is 16.2 Å². The quantitative estimate of drug-likeness (QED) is 0.752. The summed E-state index contributed by atoms with van der Waals surface area (Å²) in [5.74, 6) is 1.04. The van der Waals surface area contributed by atoms with Crippen molar-refractivity contribution in [1.29, 1.82) is 0 Å². The third kappa shape index (κ3) is 2.16. The van der Waals surface area contributed by atoms with Crippen LogP contribution in [0.5, 0.6) is 0 Å². The van der Waals surface area contributed by atoms with Crippen LogP contribution in [-0.2, 0) is 4.29 Å². The van der Waals surface area contributed by atoms with Gasteiger partial charge in [0.15, 0.2) is 0 Å². The lowest BCUT2D eigenvalue weighted by molar-refractivity contribution is 0.188. The SMILES string of the molecule is ClOC1CCN(c2ccccn2)CC1. The molecule has 0 bridgehead atoms. The van der Waals surface area contributed by atoms with Gasteiger partial charge < -0.3 is 4.90 Å². The number of aromatic nitrogens is 1. The predicted molar refractivity (Wildman–Crippen MR) is 56.4 cm³/mol. The molecule has 14 heavy (non-hydrogen) atoms. The minimum Gasteiger partial charge on any atom is -0.356 e. The number of anilines is 1. The van der Waals surface area contributed by atoms with Gasteiger partial charge in [0.2, 0.25) is 0 Å². The molecule has 0 aliphatic carbocycles. The molecule has 0 N–H and O–H groups in total. The van der Waals surface area contributed by atoms with Gasteiger partial charge in [0.1, 0.15) is 5.82 Å². The van der Waals surface area contributed by atoms with Gasteiger partial charge in [-0.1, -0.05) is 6.07 Å². The lowest BCUT2D eigenvalue weighted by Gasteiger charge is -2.31. The molecular weight excluding hydrogens is 200 g/mol. The Morgan fingerprint density at radius 2 is 2.14 bits per heavy atom. The van der Waals surface area contributed by atoms with Gasteiger partial charge >= 0.3 is 0 Å². The van der Waals surface area contributed by atoms with Crippen LogP contribution in [0.1, 0.15) is 12.8 Å². The smallest absolute Gasteiger partial charge is 0.128 e. The predicted octanol–water partition coefficient (Wildman–Crippen LogP) is 2.22. The van der Waals surface area contributed by atoms with E-state index in [0.717, 1.165) is 31.7 Å². The molecule has 2 heterocycles. The van der Waals surface area contributed by atoms with Gasteiger partial charge in [0, 0.05) is 19.3 Å². The number of halogens is 1. The molecule has 1 fully saturated rings. The second kappa shape index (κ2) is 4.62. The van der Waals surface area contributed by atoms with E-state index in [1.54, 1.807) is 0 Å². The number of hydrogen-bond acceptors (Lipinski definition) is 3. The Balaban J connectivity index is 1.96. The maximum absolute atomic E-state index is 5.34. The van der Waals surface area contributed by atoms with E-state index in [1.807, 2.05) is 24.4 Å². The Morgan fingerprint density at radius 3 is 2.71 bits per heavy atom. The maximum Gasteiger partial charge on any atom is 0.128 e. The molecule has 76 valence electrons. The van der Waals surface area contributed by atoms with Gasteiger partial charge in [-0.15, -0.1) is 0 Å². The molecular formula is C10H13ClN2O. The van der Waals surface area contributed by atoms with Crippen molar-refractivity contribution < 1.29 is 4.29 Å². The van der Waals surface area contributed by atoms with E-state index in [0.29, 0.717) is 0 Å². The molecule has 1 aromatic heterocycles. The molecule has 1 aromatic rings. The summed E-state index contributed by atoms with van der Waals surface area (Å²) in [5, 5.41) is 0. The van der Waals surface area contributed by atoms with Crippen LogP contribution in [0.15, 0.2) is 24.4 Å². The van der Waals surface area contributed by atoms with Crippen molar-refractivity contribution in [2.45, 2.75) is 18.9 Å². The molecule has 0 atom stereocenters. The highest BCUT2D eigenvalue weighted by molar-refractivity contribution is 6.07. The number of hydrogen-bond donors (Lipinski definition) is 0. The summed E-state index contributed by atoms with van der Waals surface area (Å²) in [6.07, 6.45) is 3.97. The van der Waals surface area contributed by atoms with Crippen molar-refractivity contribution in [3.63, 3.8) is 0 Å². The Kier molecular flexibility index (Phi) is 3.22. The van der Waals surface area contributed by atoms with E-state index in [-0.39, 0.29) is 6.10 Å². The van der Waals surface area contributed by atoms with Crippen molar-refractivity contribution in [3.05, 3.63) is 24.4 Å². The molecule has 1 aliphatic rings. The van der Waals surface area contributed by atoms with E-state index >= 15 is 0 Å². The van der Waals surface area contributed by atoms with Gasteiger partial charge in [-0.3, -0.25) is 4.29 Å². The summed E-state index contributed by atoms with van der Waals surface area (Å²) >= 11 is 5.34. The minimum absolute atomic E-state index is 0.205. The first-order chi connectivity index (χ1) is 6.90. The number of nitrogens with zero attached hydrogens (tertiary/aromatic N) is 2. The average molecular weight is 213 g/mol. The topological polar surface area (TPSA) is 25.4 Å². The molecule has 0 saturated carbocycles. The highest BCUT2D eigenvalue weighted by Crippen LogP contribution is 2.19. The summed E-state index contributed by atoms with van der Waals surface area (Å²) in [6, 6.07) is 5.96. The summed E-state index contributed by atoms with van der Waals surface area (Å²) in [5.41, 5.74) is 0. The Hall–Kier alpha value is -0.800. The molecule has 0 radical (unpaired) electrons. The minimum atomic E-state index is 0.205. The molecule has 0 spiro atoms. The van der Waals surface area contributed by atoms with Crippen LogP contribution in [0, 0.1) is 0 Å². The van der Waals surface area contributed by atoms with Crippen molar-refractivity contribution in [2.24, 2.45) is 0 Å². The Labute approximate surface area is 88.8 Å². The second-order valence-corrected chi connectivity index (χ2v) is 3.64. The molecule has 1 saturated heterocycles. The lowest BCUT2D eigenvalue weighted by atomic mass is 10.1. The normalized spacial score (nSPS) is 18.5. The van der Waals surface area contributed by atoms with Crippen molar-refractivity contribution in [3.8, 4) is 0 Å². The van der Waals surface area contributed by atoms with Crippen molar-refractivity contribution >= 4 is 17.7 Å². The standard InChI is InChI=1S/C10H13ClN2O/c11-14-9-4-7-13(8-5-9)10-3-1-2-6-12-10/h1-3,6,9H,4-5,7-8H2. The Bertz CT molecular complexity index is 273. The first-order valence-corrected chi connectivity index (χ1v) is 5.14. The molecule has 4 heteroatoms. The number of pyridine rings is 1. The molecule has 0 unspecified atom stereocenters. The highest BCUT2D eigenvalue weighted by atomic mass is 35.5. The van der Waals surface area contributed by atoms with E-state index in [9.17, 15) is 0 Å². The fraction of sp³-hybridized carbons (Fsp3) is 0.500. The zero-order valence-corrected chi connectivity index (χ0v) is 8.65. The first-order valence-electron chi connectivity index (χ1n) is 4.83. The Morgan fingerprint density at radius 1 is 1.36 bits per heavy atom. The monoisotopic (exact) mass is 212 g/mol. The fourth-order valence-electron chi connectivity index (χ4n) is 1.71.